The van der Waals surface area contributed by atoms with Gasteiger partial charge in [-0.15, -0.1) is 0 Å². The molecule has 8 heteroatoms. The molecule has 1 unspecified atom stereocenters. The number of nitrogens with one attached hydrogen (secondary N) is 1. The van der Waals surface area contributed by atoms with Crippen molar-refractivity contribution < 1.29 is 9.59 Å². The number of carbonyl (C=O) groups is 2. The van der Waals surface area contributed by atoms with Crippen LogP contribution in [0.1, 0.15) is 75.5 Å². The number of aromatic nitrogens is 2. The number of piperidine rings is 2. The van der Waals surface area contributed by atoms with Crippen LogP contribution in [-0.2, 0) is 22.6 Å². The lowest BCUT2D eigenvalue weighted by molar-refractivity contribution is -0.136. The molecule has 32 heavy (non-hydrogen) atoms. The number of hydrogen-bond donors (Lipinski definition) is 1. The average molecular weight is 443 g/mol. The summed E-state index contributed by atoms with van der Waals surface area (Å²) in [5.41, 5.74) is 2.02. The molecule has 0 spiro atoms. The van der Waals surface area contributed by atoms with Crippen molar-refractivity contribution in [2.45, 2.75) is 71.4 Å². The molecular weight excluding hydrogens is 404 g/mol. The number of fused-ring (bicyclic) bond motifs is 1. The van der Waals surface area contributed by atoms with E-state index in [2.05, 4.69) is 17.1 Å². The zero-order valence-corrected chi connectivity index (χ0v) is 19.9. The monoisotopic (exact) mass is 442 g/mol. The molecule has 1 aromatic heterocycles. The number of nitrogens with zero attached hydrogens (tertiary/aromatic N) is 5. The molecule has 4 rings (SSSR count). The van der Waals surface area contributed by atoms with Gasteiger partial charge in [-0.1, -0.05) is 6.92 Å². The van der Waals surface area contributed by atoms with E-state index < -0.39 is 0 Å². The zero-order chi connectivity index (χ0) is 22.7. The van der Waals surface area contributed by atoms with Gasteiger partial charge in [-0.25, -0.2) is 9.97 Å². The molecule has 2 fully saturated rings. The lowest BCUT2D eigenvalue weighted by Crippen LogP contribution is -2.42. The predicted octanol–water partition coefficient (Wildman–Crippen LogP) is 2.60. The molecule has 0 radical (unpaired) electrons. The molecule has 1 N–H and O–H groups in total. The summed E-state index contributed by atoms with van der Waals surface area (Å²) in [4.78, 5) is 41.5. The van der Waals surface area contributed by atoms with Crippen molar-refractivity contribution in [2.75, 3.05) is 45.1 Å². The summed E-state index contributed by atoms with van der Waals surface area (Å²) in [5, 5.41) is 3.24. The number of rotatable bonds is 5. The van der Waals surface area contributed by atoms with E-state index in [9.17, 15) is 9.59 Å². The second-order valence-corrected chi connectivity index (χ2v) is 9.48. The van der Waals surface area contributed by atoms with E-state index in [-0.39, 0.29) is 17.9 Å². The van der Waals surface area contributed by atoms with E-state index in [1.165, 1.54) is 0 Å². The quantitative estimate of drug-likeness (QED) is 0.755. The van der Waals surface area contributed by atoms with Gasteiger partial charge < -0.3 is 20.0 Å². The van der Waals surface area contributed by atoms with Crippen LogP contribution in [0.2, 0.25) is 0 Å². The molecule has 2 saturated heterocycles. The van der Waals surface area contributed by atoms with E-state index in [1.54, 1.807) is 6.92 Å². The van der Waals surface area contributed by atoms with Crippen molar-refractivity contribution in [1.29, 1.82) is 0 Å². The van der Waals surface area contributed by atoms with Gasteiger partial charge in [-0.3, -0.25) is 9.59 Å². The second-order valence-electron chi connectivity index (χ2n) is 9.48. The Morgan fingerprint density at radius 2 is 1.84 bits per heavy atom. The van der Waals surface area contributed by atoms with Gasteiger partial charge >= 0.3 is 0 Å². The first kappa shape index (κ1) is 23.0. The smallest absolute Gasteiger partial charge is 0.223 e. The maximum absolute atomic E-state index is 13.4. The maximum atomic E-state index is 13.4. The summed E-state index contributed by atoms with van der Waals surface area (Å²) >= 11 is 0. The highest BCUT2D eigenvalue weighted by molar-refractivity contribution is 5.77. The topological polar surface area (TPSA) is 81.7 Å². The lowest BCUT2D eigenvalue weighted by Gasteiger charge is -2.37. The minimum absolute atomic E-state index is 0.0721. The van der Waals surface area contributed by atoms with Crippen LogP contribution in [0.25, 0.3) is 0 Å². The number of anilines is 1. The second kappa shape index (κ2) is 10.1. The lowest BCUT2D eigenvalue weighted by atomic mass is 9.91. The summed E-state index contributed by atoms with van der Waals surface area (Å²) in [6.45, 7) is 9.12. The van der Waals surface area contributed by atoms with Gasteiger partial charge in [0.15, 0.2) is 5.82 Å². The third-order valence-electron chi connectivity index (χ3n) is 7.50. The van der Waals surface area contributed by atoms with Crippen LogP contribution in [0.4, 0.5) is 5.82 Å². The fraction of sp³-hybridized carbons (Fsp3) is 0.750. The first-order chi connectivity index (χ1) is 15.5. The van der Waals surface area contributed by atoms with Gasteiger partial charge in [0.1, 0.15) is 5.82 Å². The molecule has 176 valence electrons. The molecule has 2 amide bonds. The van der Waals surface area contributed by atoms with Crippen LogP contribution in [0.15, 0.2) is 0 Å². The van der Waals surface area contributed by atoms with Crippen LogP contribution in [0.5, 0.6) is 0 Å². The maximum Gasteiger partial charge on any atom is 0.223 e. The molecule has 0 aliphatic carbocycles. The van der Waals surface area contributed by atoms with E-state index in [0.717, 1.165) is 87.6 Å². The largest absolute Gasteiger partial charge is 0.373 e. The van der Waals surface area contributed by atoms with Crippen LogP contribution in [0.3, 0.4) is 0 Å². The Labute approximate surface area is 191 Å². The fourth-order valence-electron chi connectivity index (χ4n) is 5.44. The third kappa shape index (κ3) is 4.90. The first-order valence-corrected chi connectivity index (χ1v) is 12.3. The number of likely N-dealkylation sites (tertiary alicyclic amines) is 2. The van der Waals surface area contributed by atoms with Crippen LogP contribution < -0.4 is 5.32 Å². The van der Waals surface area contributed by atoms with Crippen LogP contribution >= 0.6 is 0 Å². The highest BCUT2D eigenvalue weighted by Gasteiger charge is 2.33. The van der Waals surface area contributed by atoms with Crippen LogP contribution in [-0.4, -0.2) is 76.3 Å². The summed E-state index contributed by atoms with van der Waals surface area (Å²) in [5.74, 6) is 2.38. The van der Waals surface area contributed by atoms with Crippen LogP contribution in [0, 0.1) is 5.92 Å². The summed E-state index contributed by atoms with van der Waals surface area (Å²) in [6, 6.07) is -0.0721. The van der Waals surface area contributed by atoms with Gasteiger partial charge in [-0.05, 0) is 64.1 Å². The van der Waals surface area contributed by atoms with E-state index in [4.69, 9.17) is 9.97 Å². The summed E-state index contributed by atoms with van der Waals surface area (Å²) in [6.07, 6.45) is 6.64. The van der Waals surface area contributed by atoms with Crippen molar-refractivity contribution in [3.63, 3.8) is 0 Å². The van der Waals surface area contributed by atoms with Crippen molar-refractivity contribution in [3.8, 4) is 0 Å². The zero-order valence-electron chi connectivity index (χ0n) is 19.9. The standard InChI is InChI=1S/C24H38N6O2/c1-4-28-12-8-18(9-13-28)15-22(32)30-11-6-5-7-21(30)24-26-20-16-29(17(2)31)14-10-19(20)23(25-3)27-24/h18,21H,4-16H2,1-3H3,(H,25,26,27). The molecule has 0 bridgehead atoms. The number of hydrogen-bond acceptors (Lipinski definition) is 6. The fourth-order valence-corrected chi connectivity index (χ4v) is 5.44. The van der Waals surface area contributed by atoms with Crippen molar-refractivity contribution >= 4 is 17.6 Å². The Bertz CT molecular complexity index is 836. The van der Waals surface area contributed by atoms with Crippen molar-refractivity contribution in [3.05, 3.63) is 17.1 Å². The average Bonchev–Trinajstić information content (AvgIpc) is 2.83. The Kier molecular flexibility index (Phi) is 7.28. The Balaban J connectivity index is 1.52. The summed E-state index contributed by atoms with van der Waals surface area (Å²) in [7, 11) is 1.89. The molecule has 0 aromatic carbocycles. The molecule has 0 saturated carbocycles. The minimum Gasteiger partial charge on any atom is -0.373 e. The number of amides is 2. The van der Waals surface area contributed by atoms with Crippen molar-refractivity contribution in [2.24, 2.45) is 5.92 Å². The Morgan fingerprint density at radius 1 is 1.06 bits per heavy atom. The number of carbonyl (C=O) groups excluding carboxylic acids is 2. The molecule has 4 heterocycles. The van der Waals surface area contributed by atoms with E-state index >= 15 is 0 Å². The minimum atomic E-state index is -0.0721. The predicted molar refractivity (Wildman–Crippen MR) is 124 cm³/mol. The van der Waals surface area contributed by atoms with Gasteiger partial charge in [0, 0.05) is 39.0 Å². The van der Waals surface area contributed by atoms with Gasteiger partial charge in [-0.2, -0.15) is 0 Å². The van der Waals surface area contributed by atoms with Gasteiger partial charge in [0.25, 0.3) is 0 Å². The molecule has 3 aliphatic rings. The molecular formula is C24H38N6O2. The Hall–Kier alpha value is -2.22. The van der Waals surface area contributed by atoms with E-state index in [0.29, 0.717) is 25.4 Å². The van der Waals surface area contributed by atoms with E-state index in [1.807, 2.05) is 16.8 Å². The normalized spacial score (nSPS) is 22.5. The first-order valence-electron chi connectivity index (χ1n) is 12.3. The van der Waals surface area contributed by atoms with Gasteiger partial charge in [0.2, 0.25) is 11.8 Å². The van der Waals surface area contributed by atoms with Crippen molar-refractivity contribution in [1.82, 2.24) is 24.7 Å². The molecule has 1 atom stereocenters. The SMILES string of the molecule is CCN1CCC(CC(=O)N2CCCCC2c2nc3c(c(NC)n2)CCN(C(C)=O)C3)CC1. The third-order valence-corrected chi connectivity index (χ3v) is 7.50. The molecule has 8 nitrogen and oxygen atoms in total. The summed E-state index contributed by atoms with van der Waals surface area (Å²) < 4.78 is 0. The highest BCUT2D eigenvalue weighted by Crippen LogP contribution is 2.34. The molecule has 1 aromatic rings. The molecule has 3 aliphatic heterocycles. The Morgan fingerprint density at radius 3 is 2.53 bits per heavy atom. The van der Waals surface area contributed by atoms with Gasteiger partial charge in [0.05, 0.1) is 18.3 Å². The highest BCUT2D eigenvalue weighted by atomic mass is 16.2.